The molecule has 9 heteroatoms. The first-order valence-electron chi connectivity index (χ1n) is 11.6. The summed E-state index contributed by atoms with van der Waals surface area (Å²) >= 11 is 0. The largest absolute Gasteiger partial charge is 0.326 e. The van der Waals surface area contributed by atoms with E-state index in [1.807, 2.05) is 6.92 Å². The molecule has 2 aliphatic rings. The van der Waals surface area contributed by atoms with Gasteiger partial charge in [0, 0.05) is 36.8 Å². The lowest BCUT2D eigenvalue weighted by atomic mass is 9.81. The zero-order valence-electron chi connectivity index (χ0n) is 19.4. The molecule has 2 aromatic rings. The van der Waals surface area contributed by atoms with Crippen LogP contribution in [-0.4, -0.2) is 32.8 Å². The molecule has 0 unspecified atom stereocenters. The summed E-state index contributed by atoms with van der Waals surface area (Å²) in [5.74, 6) is -0.602. The summed E-state index contributed by atoms with van der Waals surface area (Å²) in [6, 6.07) is 10.7. The Kier molecular flexibility index (Phi) is 7.04. The smallest absolute Gasteiger partial charge is 0.240 e. The highest BCUT2D eigenvalue weighted by atomic mass is 32.2. The fraction of sp³-hybridized carbons (Fsp3) is 0.440. The maximum Gasteiger partial charge on any atom is 0.240 e. The lowest BCUT2D eigenvalue weighted by molar-refractivity contribution is -0.121. The summed E-state index contributed by atoms with van der Waals surface area (Å²) in [5.41, 5.74) is 2.07. The van der Waals surface area contributed by atoms with Gasteiger partial charge in [-0.15, -0.1) is 0 Å². The summed E-state index contributed by atoms with van der Waals surface area (Å²) in [6.07, 6.45) is 3.41. The second-order valence-corrected chi connectivity index (χ2v) is 11.1. The first-order chi connectivity index (χ1) is 16.1. The molecule has 182 valence electrons. The first-order valence-corrected chi connectivity index (χ1v) is 13.1. The Balaban J connectivity index is 1.30. The van der Waals surface area contributed by atoms with E-state index in [0.29, 0.717) is 31.5 Å². The van der Waals surface area contributed by atoms with E-state index < -0.39 is 15.8 Å². The second kappa shape index (κ2) is 9.84. The summed E-state index contributed by atoms with van der Waals surface area (Å²) in [6.45, 7) is 3.77. The number of carbonyl (C=O) groups is 2. The number of hydrogen-bond donors (Lipinski definition) is 2. The van der Waals surface area contributed by atoms with Gasteiger partial charge in [-0.05, 0) is 86.9 Å². The fourth-order valence-electron chi connectivity index (χ4n) is 5.00. The van der Waals surface area contributed by atoms with Crippen molar-refractivity contribution in [3.63, 3.8) is 0 Å². The third-order valence-electron chi connectivity index (χ3n) is 6.79. The second-order valence-electron chi connectivity index (χ2n) is 9.30. The van der Waals surface area contributed by atoms with Crippen LogP contribution in [0, 0.1) is 17.7 Å². The SMILES string of the molecule is CC(=O)N1c2ccc(S(=O)(=O)NCC3CCC(C(=O)Nc4cccc(F)c4)CC3)cc2C[C@H]1C. The zero-order valence-corrected chi connectivity index (χ0v) is 20.2. The number of benzene rings is 2. The molecule has 1 fully saturated rings. The molecule has 0 saturated heterocycles. The molecule has 7 nitrogen and oxygen atoms in total. The number of fused-ring (bicyclic) bond motifs is 1. The Morgan fingerprint density at radius 3 is 2.50 bits per heavy atom. The molecule has 34 heavy (non-hydrogen) atoms. The maximum atomic E-state index is 13.3. The molecule has 2 aromatic carbocycles. The molecule has 2 amide bonds. The average Bonchev–Trinajstić information content (AvgIpc) is 3.13. The molecule has 0 radical (unpaired) electrons. The Hall–Kier alpha value is -2.78. The number of hydrogen-bond acceptors (Lipinski definition) is 4. The van der Waals surface area contributed by atoms with Gasteiger partial charge < -0.3 is 10.2 Å². The van der Waals surface area contributed by atoms with Crippen LogP contribution in [0.25, 0.3) is 0 Å². The van der Waals surface area contributed by atoms with Gasteiger partial charge in [-0.1, -0.05) is 6.07 Å². The van der Waals surface area contributed by atoms with E-state index in [4.69, 9.17) is 0 Å². The predicted molar refractivity (Wildman–Crippen MR) is 128 cm³/mol. The molecule has 1 atom stereocenters. The Labute approximate surface area is 199 Å². The van der Waals surface area contributed by atoms with E-state index >= 15 is 0 Å². The number of rotatable bonds is 6. The van der Waals surface area contributed by atoms with Crippen LogP contribution in [0.2, 0.25) is 0 Å². The number of sulfonamides is 1. The normalized spacial score (nSPS) is 22.3. The third-order valence-corrected chi connectivity index (χ3v) is 8.21. The number of carbonyl (C=O) groups excluding carboxylic acids is 2. The van der Waals surface area contributed by atoms with Gasteiger partial charge in [-0.3, -0.25) is 9.59 Å². The van der Waals surface area contributed by atoms with Crippen molar-refractivity contribution in [3.8, 4) is 0 Å². The van der Waals surface area contributed by atoms with Crippen LogP contribution in [0.3, 0.4) is 0 Å². The Morgan fingerprint density at radius 1 is 1.09 bits per heavy atom. The average molecular weight is 488 g/mol. The fourth-order valence-corrected chi connectivity index (χ4v) is 6.17. The topological polar surface area (TPSA) is 95.6 Å². The zero-order chi connectivity index (χ0) is 24.5. The number of anilines is 2. The van der Waals surface area contributed by atoms with Crippen molar-refractivity contribution in [3.05, 3.63) is 53.8 Å². The van der Waals surface area contributed by atoms with Crippen LogP contribution in [-0.2, 0) is 26.0 Å². The van der Waals surface area contributed by atoms with E-state index in [-0.39, 0.29) is 34.6 Å². The van der Waals surface area contributed by atoms with Crippen LogP contribution < -0.4 is 14.9 Å². The van der Waals surface area contributed by atoms with Crippen molar-refractivity contribution >= 4 is 33.2 Å². The van der Waals surface area contributed by atoms with Crippen molar-refractivity contribution in [1.29, 1.82) is 0 Å². The number of nitrogens with zero attached hydrogens (tertiary/aromatic N) is 1. The highest BCUT2D eigenvalue weighted by Crippen LogP contribution is 2.34. The molecule has 2 N–H and O–H groups in total. The molecule has 0 bridgehead atoms. The van der Waals surface area contributed by atoms with Gasteiger partial charge in [-0.25, -0.2) is 17.5 Å². The first kappa shape index (κ1) is 24.3. The summed E-state index contributed by atoms with van der Waals surface area (Å²) in [4.78, 5) is 26.3. The standard InChI is InChI=1S/C25H30FN3O4S/c1-16-12-20-13-23(10-11-24(20)29(16)17(2)30)34(32,33)27-15-18-6-8-19(9-7-18)25(31)28-22-5-3-4-21(26)14-22/h3-5,10-11,13-14,16,18-19,27H,6-9,12,15H2,1-2H3,(H,28,31)/t16-,18?,19?/m1/s1. The van der Waals surface area contributed by atoms with Crippen LogP contribution >= 0.6 is 0 Å². The van der Waals surface area contributed by atoms with Crippen molar-refractivity contribution in [2.75, 3.05) is 16.8 Å². The molecule has 1 aliphatic carbocycles. The minimum atomic E-state index is -3.68. The highest BCUT2D eigenvalue weighted by molar-refractivity contribution is 7.89. The maximum absolute atomic E-state index is 13.3. The molecule has 4 rings (SSSR count). The van der Waals surface area contributed by atoms with E-state index in [2.05, 4.69) is 10.0 Å². The summed E-state index contributed by atoms with van der Waals surface area (Å²) in [5, 5.41) is 2.76. The predicted octanol–water partition coefficient (Wildman–Crippen LogP) is 3.85. The molecular weight excluding hydrogens is 457 g/mol. The molecule has 0 aromatic heterocycles. The minimum Gasteiger partial charge on any atom is -0.326 e. The summed E-state index contributed by atoms with van der Waals surface area (Å²) in [7, 11) is -3.68. The van der Waals surface area contributed by atoms with Crippen LogP contribution in [0.15, 0.2) is 47.4 Å². The lowest BCUT2D eigenvalue weighted by Crippen LogP contribution is -2.34. The Morgan fingerprint density at radius 2 is 1.82 bits per heavy atom. The monoisotopic (exact) mass is 487 g/mol. The van der Waals surface area contributed by atoms with E-state index in [1.54, 1.807) is 35.2 Å². The molecule has 0 spiro atoms. The van der Waals surface area contributed by atoms with Crippen LogP contribution in [0.4, 0.5) is 15.8 Å². The van der Waals surface area contributed by atoms with E-state index in [9.17, 15) is 22.4 Å². The number of halogens is 1. The van der Waals surface area contributed by atoms with Crippen molar-refractivity contribution in [2.24, 2.45) is 11.8 Å². The van der Waals surface area contributed by atoms with Gasteiger partial charge >= 0.3 is 0 Å². The lowest BCUT2D eigenvalue weighted by Gasteiger charge is -2.28. The van der Waals surface area contributed by atoms with Crippen molar-refractivity contribution in [2.45, 2.75) is 56.9 Å². The highest BCUT2D eigenvalue weighted by Gasteiger charge is 2.31. The molecular formula is C25H30FN3O4S. The van der Waals surface area contributed by atoms with E-state index in [0.717, 1.165) is 24.1 Å². The van der Waals surface area contributed by atoms with Crippen LogP contribution in [0.5, 0.6) is 0 Å². The van der Waals surface area contributed by atoms with Gasteiger partial charge in [0.25, 0.3) is 0 Å². The Bertz CT molecular complexity index is 1190. The third kappa shape index (κ3) is 5.31. The van der Waals surface area contributed by atoms with Gasteiger partial charge in [0.2, 0.25) is 21.8 Å². The molecule has 1 heterocycles. The van der Waals surface area contributed by atoms with Crippen LogP contribution in [0.1, 0.15) is 45.1 Å². The van der Waals surface area contributed by atoms with Crippen molar-refractivity contribution < 1.29 is 22.4 Å². The minimum absolute atomic E-state index is 0.00622. The number of nitrogens with one attached hydrogen (secondary N) is 2. The molecule has 1 saturated carbocycles. The quantitative estimate of drug-likeness (QED) is 0.647. The van der Waals surface area contributed by atoms with Gasteiger partial charge in [-0.2, -0.15) is 0 Å². The molecule has 1 aliphatic heterocycles. The van der Waals surface area contributed by atoms with Gasteiger partial charge in [0.1, 0.15) is 5.82 Å². The van der Waals surface area contributed by atoms with Gasteiger partial charge in [0.05, 0.1) is 4.90 Å². The van der Waals surface area contributed by atoms with Gasteiger partial charge in [0.15, 0.2) is 0 Å². The summed E-state index contributed by atoms with van der Waals surface area (Å²) < 4.78 is 41.8. The van der Waals surface area contributed by atoms with Crippen molar-refractivity contribution in [1.82, 2.24) is 4.72 Å². The van der Waals surface area contributed by atoms with E-state index in [1.165, 1.54) is 19.1 Å². The number of amides is 2.